The van der Waals surface area contributed by atoms with Gasteiger partial charge < -0.3 is 15.5 Å². The minimum atomic E-state index is -0.201. The molecule has 0 saturated carbocycles. The predicted molar refractivity (Wildman–Crippen MR) is 80.4 cm³/mol. The van der Waals surface area contributed by atoms with Gasteiger partial charge in [0.2, 0.25) is 0 Å². The predicted octanol–water partition coefficient (Wildman–Crippen LogP) is 2.73. The lowest BCUT2D eigenvalue weighted by Gasteiger charge is -2.17. The van der Waals surface area contributed by atoms with Crippen LogP contribution in [0.25, 0.3) is 0 Å². The van der Waals surface area contributed by atoms with Gasteiger partial charge in [-0.3, -0.25) is 0 Å². The molecule has 108 valence electrons. The van der Waals surface area contributed by atoms with Crippen molar-refractivity contribution in [3.63, 3.8) is 0 Å². The molecule has 0 aliphatic heterocycles. The first kappa shape index (κ1) is 16.0. The fourth-order valence-corrected chi connectivity index (χ4v) is 1.82. The second-order valence-corrected chi connectivity index (χ2v) is 4.66. The average Bonchev–Trinajstić information content (AvgIpc) is 2.45. The van der Waals surface area contributed by atoms with Crippen molar-refractivity contribution in [1.82, 2.24) is 10.2 Å². The highest BCUT2D eigenvalue weighted by Crippen LogP contribution is 2.16. The molecule has 0 aromatic heterocycles. The Balaban J connectivity index is 2.57. The number of hydrogen-bond acceptors (Lipinski definition) is 3. The van der Waals surface area contributed by atoms with Crippen LogP contribution in [0.4, 0.5) is 10.5 Å². The number of benzene rings is 1. The van der Waals surface area contributed by atoms with Crippen molar-refractivity contribution < 1.29 is 4.79 Å². The van der Waals surface area contributed by atoms with E-state index in [0.717, 1.165) is 12.2 Å². The van der Waals surface area contributed by atoms with Crippen LogP contribution in [0, 0.1) is 11.3 Å². The monoisotopic (exact) mass is 274 g/mol. The lowest BCUT2D eigenvalue weighted by molar-refractivity contribution is 0.223. The zero-order valence-corrected chi connectivity index (χ0v) is 12.3. The van der Waals surface area contributed by atoms with Crippen LogP contribution in [0.3, 0.4) is 0 Å². The third-order valence-corrected chi connectivity index (χ3v) is 3.08. The van der Waals surface area contributed by atoms with Gasteiger partial charge in [-0.05, 0) is 31.2 Å². The number of hydrogen-bond donors (Lipinski definition) is 2. The van der Waals surface area contributed by atoms with Crippen LogP contribution in [-0.4, -0.2) is 31.1 Å². The molecule has 0 spiro atoms. The Morgan fingerprint density at radius 1 is 1.40 bits per heavy atom. The summed E-state index contributed by atoms with van der Waals surface area (Å²) in [5, 5.41) is 14.6. The summed E-state index contributed by atoms with van der Waals surface area (Å²) in [5.41, 5.74) is 1.94. The van der Waals surface area contributed by atoms with Crippen molar-refractivity contribution in [3.05, 3.63) is 29.8 Å². The molecule has 0 radical (unpaired) electrons. The van der Waals surface area contributed by atoms with Crippen molar-refractivity contribution in [3.8, 4) is 6.07 Å². The van der Waals surface area contributed by atoms with Gasteiger partial charge in [0.05, 0.1) is 12.5 Å². The van der Waals surface area contributed by atoms with Crippen LogP contribution in [0.2, 0.25) is 0 Å². The van der Waals surface area contributed by atoms with Crippen LogP contribution in [0.1, 0.15) is 31.9 Å². The van der Waals surface area contributed by atoms with Gasteiger partial charge in [-0.2, -0.15) is 5.26 Å². The van der Waals surface area contributed by atoms with Crippen molar-refractivity contribution in [2.24, 2.45) is 0 Å². The number of nitrogens with one attached hydrogen (secondary N) is 2. The van der Waals surface area contributed by atoms with E-state index in [-0.39, 0.29) is 6.03 Å². The first-order valence-corrected chi connectivity index (χ1v) is 6.81. The molecule has 1 aromatic rings. The van der Waals surface area contributed by atoms with E-state index in [2.05, 4.69) is 24.5 Å². The number of anilines is 1. The second-order valence-electron chi connectivity index (χ2n) is 4.66. The quantitative estimate of drug-likeness (QED) is 0.838. The summed E-state index contributed by atoms with van der Waals surface area (Å²) in [7, 11) is 1.67. The molecule has 1 unspecified atom stereocenters. The second kappa shape index (κ2) is 8.18. The standard InChI is InChI=1S/C15H22N4O/c1-4-17-12(2)13-6-8-14(9-7-13)18-15(20)19(3)11-5-10-16/h6-9,12,17H,4-5,11H2,1-3H3,(H,18,20). The summed E-state index contributed by atoms with van der Waals surface area (Å²) in [5.74, 6) is 0. The molecule has 1 aromatic carbocycles. The largest absolute Gasteiger partial charge is 0.327 e. The SMILES string of the molecule is CCNC(C)c1ccc(NC(=O)N(C)CCC#N)cc1. The fraction of sp³-hybridized carbons (Fsp3) is 0.467. The molecule has 5 heteroatoms. The van der Waals surface area contributed by atoms with Crippen molar-refractivity contribution in [2.45, 2.75) is 26.3 Å². The molecular weight excluding hydrogens is 252 g/mol. The first-order valence-electron chi connectivity index (χ1n) is 6.81. The Morgan fingerprint density at radius 2 is 2.05 bits per heavy atom. The third kappa shape index (κ3) is 4.90. The van der Waals surface area contributed by atoms with Gasteiger partial charge in [-0.15, -0.1) is 0 Å². The lowest BCUT2D eigenvalue weighted by Crippen LogP contribution is -2.32. The number of urea groups is 1. The Hall–Kier alpha value is -2.06. The Kier molecular flexibility index (Phi) is 6.54. The van der Waals surface area contributed by atoms with E-state index >= 15 is 0 Å². The summed E-state index contributed by atoms with van der Waals surface area (Å²) in [4.78, 5) is 13.3. The molecule has 0 aliphatic carbocycles. The van der Waals surface area contributed by atoms with Crippen LogP contribution < -0.4 is 10.6 Å². The van der Waals surface area contributed by atoms with E-state index in [0.29, 0.717) is 19.0 Å². The average molecular weight is 274 g/mol. The minimum Gasteiger partial charge on any atom is -0.327 e. The fourth-order valence-electron chi connectivity index (χ4n) is 1.82. The molecule has 2 N–H and O–H groups in total. The lowest BCUT2D eigenvalue weighted by atomic mass is 10.1. The molecular formula is C15H22N4O. The zero-order valence-electron chi connectivity index (χ0n) is 12.3. The molecule has 0 saturated heterocycles. The van der Waals surface area contributed by atoms with E-state index < -0.39 is 0 Å². The zero-order chi connectivity index (χ0) is 15.0. The molecule has 0 bridgehead atoms. The Bertz CT molecular complexity index is 464. The van der Waals surface area contributed by atoms with Crippen LogP contribution in [-0.2, 0) is 0 Å². The molecule has 1 rings (SSSR count). The van der Waals surface area contributed by atoms with Crippen LogP contribution >= 0.6 is 0 Å². The topological polar surface area (TPSA) is 68.2 Å². The molecule has 0 aliphatic rings. The van der Waals surface area contributed by atoms with Gasteiger partial charge in [0.15, 0.2) is 0 Å². The van der Waals surface area contributed by atoms with Crippen molar-refractivity contribution in [1.29, 1.82) is 5.26 Å². The van der Waals surface area contributed by atoms with Crippen molar-refractivity contribution in [2.75, 3.05) is 25.5 Å². The normalized spacial score (nSPS) is 11.5. The summed E-state index contributed by atoms with van der Waals surface area (Å²) in [6.07, 6.45) is 0.336. The number of nitriles is 1. The summed E-state index contributed by atoms with van der Waals surface area (Å²) in [6.45, 7) is 5.52. The molecule has 0 fully saturated rings. The van der Waals surface area contributed by atoms with E-state index in [9.17, 15) is 4.79 Å². The highest BCUT2D eigenvalue weighted by Gasteiger charge is 2.09. The third-order valence-electron chi connectivity index (χ3n) is 3.08. The highest BCUT2D eigenvalue weighted by atomic mass is 16.2. The maximum absolute atomic E-state index is 11.8. The first-order chi connectivity index (χ1) is 9.58. The number of carbonyl (C=O) groups excluding carboxylic acids is 1. The number of carbonyl (C=O) groups is 1. The molecule has 1 atom stereocenters. The van der Waals surface area contributed by atoms with E-state index in [1.54, 1.807) is 7.05 Å². The highest BCUT2D eigenvalue weighted by molar-refractivity contribution is 5.89. The van der Waals surface area contributed by atoms with Gasteiger partial charge in [0.1, 0.15) is 0 Å². The molecule has 0 heterocycles. The Labute approximate surface area is 120 Å². The van der Waals surface area contributed by atoms with Crippen LogP contribution in [0.5, 0.6) is 0 Å². The van der Waals surface area contributed by atoms with E-state index in [1.807, 2.05) is 30.3 Å². The number of amides is 2. The maximum atomic E-state index is 11.8. The minimum absolute atomic E-state index is 0.201. The molecule has 2 amide bonds. The van der Waals surface area contributed by atoms with E-state index in [1.165, 1.54) is 10.5 Å². The number of nitrogens with zero attached hydrogens (tertiary/aromatic N) is 2. The van der Waals surface area contributed by atoms with Gasteiger partial charge in [-0.1, -0.05) is 19.1 Å². The van der Waals surface area contributed by atoms with Crippen LogP contribution in [0.15, 0.2) is 24.3 Å². The van der Waals surface area contributed by atoms with Gasteiger partial charge in [0, 0.05) is 25.3 Å². The van der Waals surface area contributed by atoms with Crippen molar-refractivity contribution >= 4 is 11.7 Å². The number of rotatable bonds is 6. The van der Waals surface area contributed by atoms with Gasteiger partial charge in [-0.25, -0.2) is 4.79 Å². The van der Waals surface area contributed by atoms with E-state index in [4.69, 9.17) is 5.26 Å². The molecule has 5 nitrogen and oxygen atoms in total. The summed E-state index contributed by atoms with van der Waals surface area (Å²) in [6, 6.07) is 9.89. The maximum Gasteiger partial charge on any atom is 0.321 e. The summed E-state index contributed by atoms with van der Waals surface area (Å²) < 4.78 is 0. The smallest absolute Gasteiger partial charge is 0.321 e. The van der Waals surface area contributed by atoms with Gasteiger partial charge >= 0.3 is 6.03 Å². The van der Waals surface area contributed by atoms with Gasteiger partial charge in [0.25, 0.3) is 0 Å². The molecule has 20 heavy (non-hydrogen) atoms. The summed E-state index contributed by atoms with van der Waals surface area (Å²) >= 11 is 0. The Morgan fingerprint density at radius 3 is 2.60 bits per heavy atom.